The van der Waals surface area contributed by atoms with Gasteiger partial charge in [0.2, 0.25) is 0 Å². The minimum Gasteiger partial charge on any atom is -0.478 e. The highest BCUT2D eigenvalue weighted by molar-refractivity contribution is 5.86. The Kier molecular flexibility index (Phi) is 16.8. The topological polar surface area (TPSA) is 101 Å². The molecule has 0 aromatic heterocycles. The monoisotopic (exact) mass is 314 g/mol. The third kappa shape index (κ3) is 20.0. The lowest BCUT2D eigenvalue weighted by Crippen LogP contribution is -1.98. The summed E-state index contributed by atoms with van der Waals surface area (Å²) in [5.41, 5.74) is 0.925. The highest BCUT2D eigenvalue weighted by Crippen LogP contribution is 2.03. The minimum atomic E-state index is -0.935. The first-order valence-corrected chi connectivity index (χ1v) is 6.54. The van der Waals surface area contributed by atoms with Gasteiger partial charge in [-0.1, -0.05) is 33.1 Å². The second kappa shape index (κ2) is 15.0. The maximum absolute atomic E-state index is 10.2. The first-order valence-electron chi connectivity index (χ1n) is 6.54. The molecule has 0 aliphatic carbocycles. The number of methoxy groups -OCH3 is 1. The molecule has 0 aromatic rings. The Morgan fingerprint density at radius 3 is 1.50 bits per heavy atom. The molecule has 0 aromatic carbocycles. The van der Waals surface area contributed by atoms with E-state index in [1.54, 1.807) is 6.92 Å². The normalized spacial score (nSPS) is 8.18. The average Bonchev–Trinajstić information content (AvgIpc) is 2.44. The van der Waals surface area contributed by atoms with Gasteiger partial charge in [0.15, 0.2) is 0 Å². The van der Waals surface area contributed by atoms with E-state index >= 15 is 0 Å². The smallest absolute Gasteiger partial charge is 0.332 e. The van der Waals surface area contributed by atoms with Crippen LogP contribution in [0.4, 0.5) is 0 Å². The molecule has 0 saturated heterocycles. The SMILES string of the molecule is C=C(C)C(=O)O.C=C(C)C(=O)OC.C=C(CCCC)C(=O)O. The number of rotatable bonds is 6. The summed E-state index contributed by atoms with van der Waals surface area (Å²) in [6, 6.07) is 0. The molecule has 22 heavy (non-hydrogen) atoms. The zero-order valence-corrected chi connectivity index (χ0v) is 13.8. The van der Waals surface area contributed by atoms with Gasteiger partial charge in [0.25, 0.3) is 0 Å². The van der Waals surface area contributed by atoms with Gasteiger partial charge in [0.1, 0.15) is 0 Å². The van der Waals surface area contributed by atoms with E-state index in [4.69, 9.17) is 10.2 Å². The van der Waals surface area contributed by atoms with Gasteiger partial charge in [-0.05, 0) is 26.7 Å². The Hall–Kier alpha value is -2.37. The largest absolute Gasteiger partial charge is 0.478 e. The minimum absolute atomic E-state index is 0.176. The molecule has 0 bridgehead atoms. The number of unbranched alkanes of at least 4 members (excludes halogenated alkanes) is 1. The molecule has 0 saturated carbocycles. The molecule has 0 unspecified atom stereocenters. The number of carbonyl (C=O) groups excluding carboxylic acids is 1. The van der Waals surface area contributed by atoms with Crippen molar-refractivity contribution in [3.05, 3.63) is 36.5 Å². The maximum atomic E-state index is 10.2. The third-order valence-electron chi connectivity index (χ3n) is 2.03. The average molecular weight is 314 g/mol. The van der Waals surface area contributed by atoms with E-state index in [0.29, 0.717) is 17.6 Å². The van der Waals surface area contributed by atoms with Crippen LogP contribution in [-0.4, -0.2) is 35.2 Å². The number of carboxylic acid groups (broad SMARTS) is 2. The van der Waals surface area contributed by atoms with Gasteiger partial charge >= 0.3 is 17.9 Å². The highest BCUT2D eigenvalue weighted by Gasteiger charge is 2.00. The van der Waals surface area contributed by atoms with Crippen LogP contribution in [0.15, 0.2) is 36.5 Å². The van der Waals surface area contributed by atoms with Crippen molar-refractivity contribution in [2.24, 2.45) is 0 Å². The van der Waals surface area contributed by atoms with E-state index in [-0.39, 0.29) is 11.5 Å². The molecule has 126 valence electrons. The molecule has 0 radical (unpaired) electrons. The lowest BCUT2D eigenvalue weighted by Gasteiger charge is -1.95. The molecule has 0 aliphatic heterocycles. The predicted octanol–water partition coefficient (Wildman–Crippen LogP) is 3.20. The quantitative estimate of drug-likeness (QED) is 0.576. The first kappa shape index (κ1) is 24.6. The number of carbonyl (C=O) groups is 3. The maximum Gasteiger partial charge on any atom is 0.332 e. The molecule has 0 spiro atoms. The van der Waals surface area contributed by atoms with E-state index in [2.05, 4.69) is 24.5 Å². The van der Waals surface area contributed by atoms with Gasteiger partial charge < -0.3 is 14.9 Å². The van der Waals surface area contributed by atoms with E-state index in [9.17, 15) is 14.4 Å². The summed E-state index contributed by atoms with van der Waals surface area (Å²) in [7, 11) is 1.33. The fourth-order valence-corrected chi connectivity index (χ4v) is 0.671. The summed E-state index contributed by atoms with van der Waals surface area (Å²) in [5, 5.41) is 16.2. The number of ether oxygens (including phenoxy) is 1. The number of aliphatic carboxylic acids is 2. The lowest BCUT2D eigenvalue weighted by molar-refractivity contribution is -0.136. The molecular weight excluding hydrogens is 288 g/mol. The second-order valence-corrected chi connectivity index (χ2v) is 4.37. The molecule has 0 fully saturated rings. The molecule has 0 amide bonds. The van der Waals surface area contributed by atoms with Crippen molar-refractivity contribution in [1.82, 2.24) is 0 Å². The Bertz CT molecular complexity index is 408. The van der Waals surface area contributed by atoms with Crippen LogP contribution in [0, 0.1) is 0 Å². The zero-order valence-electron chi connectivity index (χ0n) is 13.8. The van der Waals surface area contributed by atoms with Crippen molar-refractivity contribution in [3.8, 4) is 0 Å². The number of hydrogen-bond donors (Lipinski definition) is 2. The summed E-state index contributed by atoms with van der Waals surface area (Å²) >= 11 is 0. The molecule has 0 atom stereocenters. The highest BCUT2D eigenvalue weighted by atomic mass is 16.5. The van der Waals surface area contributed by atoms with Gasteiger partial charge in [0.05, 0.1) is 7.11 Å². The summed E-state index contributed by atoms with van der Waals surface area (Å²) in [6.07, 6.45) is 2.56. The number of esters is 1. The van der Waals surface area contributed by atoms with E-state index < -0.39 is 11.9 Å². The summed E-state index contributed by atoms with van der Waals surface area (Å²) in [4.78, 5) is 29.9. The van der Waals surface area contributed by atoms with E-state index in [1.165, 1.54) is 14.0 Å². The number of carboxylic acids is 2. The van der Waals surface area contributed by atoms with Crippen LogP contribution in [0.1, 0.15) is 40.0 Å². The summed E-state index contributed by atoms with van der Waals surface area (Å²) in [6.45, 7) is 15.0. The van der Waals surface area contributed by atoms with Gasteiger partial charge in [0, 0.05) is 16.7 Å². The van der Waals surface area contributed by atoms with Crippen molar-refractivity contribution in [3.63, 3.8) is 0 Å². The van der Waals surface area contributed by atoms with Gasteiger partial charge in [-0.2, -0.15) is 0 Å². The zero-order chi connectivity index (χ0) is 18.3. The molecule has 6 heteroatoms. The fourth-order valence-electron chi connectivity index (χ4n) is 0.671. The van der Waals surface area contributed by atoms with Gasteiger partial charge in [-0.25, -0.2) is 14.4 Å². The van der Waals surface area contributed by atoms with Crippen molar-refractivity contribution in [1.29, 1.82) is 0 Å². The van der Waals surface area contributed by atoms with Crippen LogP contribution in [-0.2, 0) is 19.1 Å². The Balaban J connectivity index is -0.000000252. The lowest BCUT2D eigenvalue weighted by atomic mass is 10.1. The van der Waals surface area contributed by atoms with Crippen molar-refractivity contribution < 1.29 is 29.3 Å². The van der Waals surface area contributed by atoms with Crippen LogP contribution < -0.4 is 0 Å². The Labute approximate surface area is 131 Å². The predicted molar refractivity (Wildman–Crippen MR) is 85.6 cm³/mol. The van der Waals surface area contributed by atoms with Gasteiger partial charge in [-0.15, -0.1) is 0 Å². The standard InChI is InChI=1S/C7H12O2.C5H8O2.C4H6O2/c1-3-4-5-6(2)7(8)9;1-4(2)5(6)7-3;1-3(2)4(5)6/h2-5H2,1H3,(H,8,9);1H2,2-3H3;1H2,2H3,(H,5,6). The van der Waals surface area contributed by atoms with Crippen LogP contribution in [0.2, 0.25) is 0 Å². The molecule has 0 rings (SSSR count). The van der Waals surface area contributed by atoms with Gasteiger partial charge in [-0.3, -0.25) is 0 Å². The molecular formula is C16H26O6. The second-order valence-electron chi connectivity index (χ2n) is 4.37. The third-order valence-corrected chi connectivity index (χ3v) is 2.03. The van der Waals surface area contributed by atoms with Crippen molar-refractivity contribution >= 4 is 17.9 Å². The summed E-state index contributed by atoms with van der Waals surface area (Å²) < 4.78 is 4.27. The molecule has 0 heterocycles. The van der Waals surface area contributed by atoms with Crippen LogP contribution in [0.5, 0.6) is 0 Å². The van der Waals surface area contributed by atoms with Crippen LogP contribution in [0.25, 0.3) is 0 Å². The van der Waals surface area contributed by atoms with Crippen molar-refractivity contribution in [2.45, 2.75) is 40.0 Å². The molecule has 0 aliphatic rings. The molecule has 6 nitrogen and oxygen atoms in total. The van der Waals surface area contributed by atoms with E-state index in [1.807, 2.05) is 6.92 Å². The number of hydrogen-bond acceptors (Lipinski definition) is 4. The van der Waals surface area contributed by atoms with Crippen LogP contribution >= 0.6 is 0 Å². The Morgan fingerprint density at radius 2 is 1.36 bits per heavy atom. The summed E-state index contributed by atoms with van der Waals surface area (Å²) in [5.74, 6) is -2.15. The fraction of sp³-hybridized carbons (Fsp3) is 0.438. The van der Waals surface area contributed by atoms with E-state index in [0.717, 1.165) is 12.8 Å². The van der Waals surface area contributed by atoms with Crippen molar-refractivity contribution in [2.75, 3.05) is 7.11 Å². The Morgan fingerprint density at radius 1 is 0.955 bits per heavy atom. The van der Waals surface area contributed by atoms with Crippen LogP contribution in [0.3, 0.4) is 0 Å². The molecule has 2 N–H and O–H groups in total. The first-order chi connectivity index (χ1) is 10.0.